The smallest absolute Gasteiger partial charge is 0.413 e. The number of nitrogens with zero attached hydrogens (tertiary/aromatic N) is 2. The fourth-order valence-electron chi connectivity index (χ4n) is 2.95. The molecule has 0 bridgehead atoms. The molecule has 1 fully saturated rings. The van der Waals surface area contributed by atoms with Gasteiger partial charge in [-0.25, -0.2) is 14.2 Å². The molecule has 0 radical (unpaired) electrons. The predicted octanol–water partition coefficient (Wildman–Crippen LogP) is 0.505. The van der Waals surface area contributed by atoms with Gasteiger partial charge in [-0.05, 0) is 13.3 Å². The summed E-state index contributed by atoms with van der Waals surface area (Å²) in [6.07, 6.45) is 3.57. The highest BCUT2D eigenvalue weighted by molar-refractivity contribution is 8.00. The molecule has 1 aromatic rings. The van der Waals surface area contributed by atoms with Gasteiger partial charge in [-0.15, -0.1) is 0 Å². The van der Waals surface area contributed by atoms with Crippen molar-refractivity contribution in [3.63, 3.8) is 0 Å². The lowest BCUT2D eigenvalue weighted by Crippen LogP contribution is -2.51. The van der Waals surface area contributed by atoms with Crippen molar-refractivity contribution in [2.45, 2.75) is 43.1 Å². The monoisotopic (exact) mass is 385 g/mol. The zero-order valence-corrected chi connectivity index (χ0v) is 14.9. The normalized spacial score (nSPS) is 27.2. The average Bonchev–Trinajstić information content (AvgIpc) is 3.20. The quantitative estimate of drug-likeness (QED) is 0.692. The van der Waals surface area contributed by atoms with Gasteiger partial charge in [-0.3, -0.25) is 19.6 Å². The molecular formula is C15H20FN5O4S. The predicted molar refractivity (Wildman–Crippen MR) is 91.4 cm³/mol. The van der Waals surface area contributed by atoms with Gasteiger partial charge in [0.2, 0.25) is 11.8 Å². The number of ether oxygens (including phenoxy) is 1. The van der Waals surface area contributed by atoms with Crippen molar-refractivity contribution in [1.82, 2.24) is 20.3 Å². The number of amides is 3. The topological polar surface area (TPSA) is 114 Å². The number of imidazole rings is 1. The van der Waals surface area contributed by atoms with Gasteiger partial charge in [0.15, 0.2) is 0 Å². The van der Waals surface area contributed by atoms with Gasteiger partial charge in [-0.2, -0.15) is 0 Å². The zero-order valence-electron chi connectivity index (χ0n) is 14.1. The lowest BCUT2D eigenvalue weighted by molar-refractivity contribution is -0.126. The molecule has 1 aromatic heterocycles. The maximum atomic E-state index is 13.8. The van der Waals surface area contributed by atoms with E-state index in [0.29, 0.717) is 12.8 Å². The molecule has 0 aliphatic carbocycles. The molecule has 1 saturated heterocycles. The van der Waals surface area contributed by atoms with Crippen LogP contribution < -0.4 is 16.1 Å². The molecule has 3 N–H and O–H groups in total. The highest BCUT2D eigenvalue weighted by atomic mass is 32.2. The summed E-state index contributed by atoms with van der Waals surface area (Å²) in [5.41, 5.74) is 1.73. The molecule has 2 aliphatic heterocycles. The number of carbonyl (C=O) groups excluding carboxylic acids is 3. The molecule has 4 unspecified atom stereocenters. The van der Waals surface area contributed by atoms with E-state index >= 15 is 0 Å². The first-order chi connectivity index (χ1) is 12.5. The number of thioether (sulfide) groups is 1. The number of carbonyl (C=O) groups is 3. The Hall–Kier alpha value is -2.30. The number of alkyl carbamates (subject to hydrolysis) is 1. The van der Waals surface area contributed by atoms with E-state index in [4.69, 9.17) is 0 Å². The maximum absolute atomic E-state index is 13.8. The number of hydrogen-bond donors (Lipinski definition) is 3. The fourth-order valence-corrected chi connectivity index (χ4v) is 4.19. The van der Waals surface area contributed by atoms with Crippen molar-refractivity contribution < 1.29 is 23.5 Å². The summed E-state index contributed by atoms with van der Waals surface area (Å²) in [4.78, 5) is 40.3. The summed E-state index contributed by atoms with van der Waals surface area (Å²) < 4.78 is 20.1. The average molecular weight is 385 g/mol. The fraction of sp³-hybridized carbons (Fsp3) is 0.600. The minimum absolute atomic E-state index is 0.0788. The first-order valence-corrected chi connectivity index (χ1v) is 9.28. The van der Waals surface area contributed by atoms with Crippen LogP contribution in [0.4, 0.5) is 9.18 Å². The molecule has 26 heavy (non-hydrogen) atoms. The Labute approximate surface area is 153 Å². The van der Waals surface area contributed by atoms with Crippen molar-refractivity contribution in [3.05, 3.63) is 18.2 Å². The molecule has 2 aliphatic rings. The van der Waals surface area contributed by atoms with Crippen molar-refractivity contribution in [3.8, 4) is 0 Å². The summed E-state index contributed by atoms with van der Waals surface area (Å²) in [5, 5.41) is 4.04. The molecule has 4 atom stereocenters. The summed E-state index contributed by atoms with van der Waals surface area (Å²) in [7, 11) is 0. The Balaban J connectivity index is 1.59. The second-order valence-electron chi connectivity index (χ2n) is 5.96. The Morgan fingerprint density at radius 1 is 1.46 bits per heavy atom. The number of aromatic nitrogens is 2. The van der Waals surface area contributed by atoms with Crippen molar-refractivity contribution in [2.24, 2.45) is 5.92 Å². The van der Waals surface area contributed by atoms with Crippen LogP contribution in [0, 0.1) is 5.92 Å². The van der Waals surface area contributed by atoms with Gasteiger partial charge < -0.3 is 15.5 Å². The van der Waals surface area contributed by atoms with E-state index in [0.717, 1.165) is 17.6 Å². The van der Waals surface area contributed by atoms with E-state index < -0.39 is 34.8 Å². The van der Waals surface area contributed by atoms with E-state index in [2.05, 4.69) is 25.8 Å². The summed E-state index contributed by atoms with van der Waals surface area (Å²) in [5.74, 6) is -1.00. The lowest BCUT2D eigenvalue weighted by atomic mass is 10.0. The van der Waals surface area contributed by atoms with Gasteiger partial charge >= 0.3 is 6.09 Å². The number of halogens is 1. The first kappa shape index (κ1) is 18.5. The molecule has 0 spiro atoms. The van der Waals surface area contributed by atoms with Crippen LogP contribution in [0.1, 0.15) is 25.6 Å². The maximum Gasteiger partial charge on any atom is 0.413 e. The summed E-state index contributed by atoms with van der Waals surface area (Å²) >= 11 is 0.864. The third-order valence-corrected chi connectivity index (χ3v) is 5.43. The number of hydrogen-bond acceptors (Lipinski definition) is 7. The molecular weight excluding hydrogens is 365 g/mol. The van der Waals surface area contributed by atoms with E-state index in [1.807, 2.05) is 0 Å². The third kappa shape index (κ3) is 4.09. The number of nitrogens with one attached hydrogen (secondary N) is 3. The van der Waals surface area contributed by atoms with E-state index in [1.54, 1.807) is 24.0 Å². The van der Waals surface area contributed by atoms with Crippen molar-refractivity contribution in [1.29, 1.82) is 0 Å². The summed E-state index contributed by atoms with van der Waals surface area (Å²) in [6.45, 7) is 1.73. The first-order valence-electron chi connectivity index (χ1n) is 8.34. The molecule has 3 amide bonds. The highest BCUT2D eigenvalue weighted by Crippen LogP contribution is 2.38. The Kier molecular flexibility index (Phi) is 5.64. The number of imide groups is 1. The number of aryl methyl sites for hydroxylation is 1. The van der Waals surface area contributed by atoms with Gasteiger partial charge in [0.05, 0.1) is 17.9 Å². The number of fused-ring (bicyclic) bond motifs is 1. The lowest BCUT2D eigenvalue weighted by Gasteiger charge is -2.27. The molecule has 11 heteroatoms. The van der Waals surface area contributed by atoms with Crippen molar-refractivity contribution in [2.75, 3.05) is 12.0 Å². The van der Waals surface area contributed by atoms with Crippen LogP contribution in [0.5, 0.6) is 0 Å². The van der Waals surface area contributed by atoms with E-state index in [1.165, 1.54) is 0 Å². The van der Waals surface area contributed by atoms with Gasteiger partial charge in [0.1, 0.15) is 17.4 Å². The van der Waals surface area contributed by atoms with Crippen LogP contribution in [0.25, 0.3) is 0 Å². The van der Waals surface area contributed by atoms with E-state index in [-0.39, 0.29) is 18.9 Å². The molecule has 3 rings (SSSR count). The van der Waals surface area contributed by atoms with Crippen LogP contribution >= 0.6 is 11.8 Å². The Bertz CT molecular complexity index is 699. The van der Waals surface area contributed by atoms with E-state index in [9.17, 15) is 18.8 Å². The molecule has 0 aromatic carbocycles. The number of alkyl halides is 1. The Morgan fingerprint density at radius 3 is 3.04 bits per heavy atom. The van der Waals surface area contributed by atoms with Crippen LogP contribution in [-0.4, -0.2) is 51.1 Å². The molecule has 9 nitrogen and oxygen atoms in total. The number of rotatable bonds is 4. The summed E-state index contributed by atoms with van der Waals surface area (Å²) in [6, 6.07) is -0.510. The molecule has 3 heterocycles. The Morgan fingerprint density at radius 2 is 2.27 bits per heavy atom. The van der Waals surface area contributed by atoms with Gasteiger partial charge in [-0.1, -0.05) is 11.8 Å². The largest absolute Gasteiger partial charge is 0.450 e. The van der Waals surface area contributed by atoms with Gasteiger partial charge in [0.25, 0.3) is 0 Å². The highest BCUT2D eigenvalue weighted by Gasteiger charge is 2.42. The van der Waals surface area contributed by atoms with Gasteiger partial charge in [0, 0.05) is 25.2 Å². The van der Waals surface area contributed by atoms with Crippen LogP contribution in [0.2, 0.25) is 0 Å². The minimum atomic E-state index is -1.29. The van der Waals surface area contributed by atoms with Crippen LogP contribution in [0.15, 0.2) is 12.4 Å². The second kappa shape index (κ2) is 7.94. The zero-order chi connectivity index (χ0) is 18.7. The SMILES string of the molecule is CCOC(=O)NC(=O)C1CC(F)SC1NC(=O)C1CCc2nccn2N1. The second-order valence-corrected chi connectivity index (χ2v) is 7.25. The van der Waals surface area contributed by atoms with Crippen molar-refractivity contribution >= 4 is 29.7 Å². The molecule has 142 valence electrons. The molecule has 0 saturated carbocycles. The standard InChI is InChI=1S/C15H20FN5O4S/c1-2-25-15(24)19-12(22)8-7-10(16)26-14(8)18-13(23)9-3-4-11-17-5-6-21(11)20-9/h5-6,8-10,14,20H,2-4,7H2,1H3,(H,18,23)(H,19,22,24). The van der Waals surface area contributed by atoms with Crippen LogP contribution in [0.3, 0.4) is 0 Å². The third-order valence-electron chi connectivity index (χ3n) is 4.21. The minimum Gasteiger partial charge on any atom is -0.450 e. The van der Waals surface area contributed by atoms with Crippen LogP contribution in [-0.2, 0) is 20.7 Å².